The maximum Gasteiger partial charge on any atom is 0.0686 e. The number of hydrogen-bond acceptors (Lipinski definition) is 3. The molecule has 0 atom stereocenters. The average Bonchev–Trinajstić information content (AvgIpc) is 2.21. The van der Waals surface area contributed by atoms with Gasteiger partial charge in [-0.25, -0.2) is 0 Å². The van der Waals surface area contributed by atoms with Crippen LogP contribution in [0.3, 0.4) is 0 Å². The zero-order valence-electron chi connectivity index (χ0n) is 11.4. The summed E-state index contributed by atoms with van der Waals surface area (Å²) < 4.78 is 10.9. The lowest BCUT2D eigenvalue weighted by atomic mass is 10.1. The lowest BCUT2D eigenvalue weighted by Crippen LogP contribution is -2.27. The van der Waals surface area contributed by atoms with Crippen molar-refractivity contribution < 1.29 is 9.47 Å². The maximum atomic E-state index is 5.55. The predicted molar refractivity (Wildman–Crippen MR) is 68.8 cm³/mol. The molecule has 0 rings (SSSR count). The van der Waals surface area contributed by atoms with E-state index in [0.29, 0.717) is 19.3 Å². The molecule has 0 saturated heterocycles. The Hall–Kier alpha value is -0.380. The van der Waals surface area contributed by atoms with Crippen LogP contribution in [0.1, 0.15) is 34.1 Å². The molecule has 0 bridgehead atoms. The zero-order valence-corrected chi connectivity index (χ0v) is 11.4. The maximum absolute atomic E-state index is 5.55. The molecular weight excluding hydrogens is 202 g/mol. The van der Waals surface area contributed by atoms with Gasteiger partial charge in [0.2, 0.25) is 0 Å². The van der Waals surface area contributed by atoms with Gasteiger partial charge in [0.1, 0.15) is 0 Å². The second-order valence-corrected chi connectivity index (χ2v) is 5.05. The molecule has 3 heteroatoms. The Morgan fingerprint density at radius 1 is 1.38 bits per heavy atom. The van der Waals surface area contributed by atoms with Crippen molar-refractivity contribution in [2.24, 2.45) is 0 Å². The van der Waals surface area contributed by atoms with Gasteiger partial charge in [-0.3, -0.25) is 0 Å². The van der Waals surface area contributed by atoms with Crippen molar-refractivity contribution in [2.45, 2.75) is 45.8 Å². The third kappa shape index (κ3) is 8.89. The highest BCUT2D eigenvalue weighted by atomic mass is 16.5. The number of hydrogen-bond donors (Lipinski definition) is 1. The fraction of sp³-hybridized carbons (Fsp3) is 0.846. The van der Waals surface area contributed by atoms with E-state index in [9.17, 15) is 0 Å². The highest BCUT2D eigenvalue weighted by Gasteiger charge is 2.15. The van der Waals surface area contributed by atoms with E-state index in [1.165, 1.54) is 0 Å². The normalized spacial score (nSPS) is 12.1. The summed E-state index contributed by atoms with van der Waals surface area (Å²) in [5.41, 5.74) is 0.987. The lowest BCUT2D eigenvalue weighted by Gasteiger charge is -2.22. The molecule has 16 heavy (non-hydrogen) atoms. The summed E-state index contributed by atoms with van der Waals surface area (Å²) in [7, 11) is 1.73. The minimum atomic E-state index is -0.0997. The van der Waals surface area contributed by atoms with Gasteiger partial charge in [-0.15, -0.1) is 0 Å². The van der Waals surface area contributed by atoms with Crippen molar-refractivity contribution in [3.05, 3.63) is 12.2 Å². The standard InChI is InChI=1S/C13H27NO2/c1-11(2)14-9-12(3)10-16-8-7-13(4,5)15-6/h11,14H,3,7-10H2,1-2,4-6H3. The van der Waals surface area contributed by atoms with Gasteiger partial charge in [-0.05, 0) is 25.8 Å². The van der Waals surface area contributed by atoms with E-state index in [4.69, 9.17) is 9.47 Å². The second-order valence-electron chi connectivity index (χ2n) is 5.05. The molecule has 0 aliphatic carbocycles. The molecule has 3 nitrogen and oxygen atoms in total. The Balaban J connectivity index is 3.48. The van der Waals surface area contributed by atoms with Gasteiger partial charge >= 0.3 is 0 Å². The molecule has 0 spiro atoms. The molecule has 0 aromatic heterocycles. The van der Waals surface area contributed by atoms with Crippen molar-refractivity contribution in [2.75, 3.05) is 26.9 Å². The Morgan fingerprint density at radius 3 is 2.50 bits per heavy atom. The quantitative estimate of drug-likeness (QED) is 0.486. The third-order valence-electron chi connectivity index (χ3n) is 2.47. The first-order valence-electron chi connectivity index (χ1n) is 5.90. The Bertz CT molecular complexity index is 200. The van der Waals surface area contributed by atoms with Gasteiger partial charge in [0.15, 0.2) is 0 Å². The zero-order chi connectivity index (χ0) is 12.6. The molecule has 0 heterocycles. The number of ether oxygens (including phenoxy) is 2. The van der Waals surface area contributed by atoms with Crippen molar-refractivity contribution in [3.63, 3.8) is 0 Å². The van der Waals surface area contributed by atoms with Crippen LogP contribution in [0.4, 0.5) is 0 Å². The van der Waals surface area contributed by atoms with E-state index in [1.807, 2.05) is 0 Å². The molecule has 1 N–H and O–H groups in total. The molecule has 96 valence electrons. The molecule has 0 aromatic rings. The van der Waals surface area contributed by atoms with E-state index in [-0.39, 0.29) is 5.60 Å². The van der Waals surface area contributed by atoms with Crippen LogP contribution in [0.25, 0.3) is 0 Å². The molecule has 0 amide bonds. The summed E-state index contributed by atoms with van der Waals surface area (Å²) in [6.07, 6.45) is 0.897. The van der Waals surface area contributed by atoms with Gasteiger partial charge in [0.05, 0.1) is 12.2 Å². The van der Waals surface area contributed by atoms with Crippen LogP contribution >= 0.6 is 0 Å². The number of methoxy groups -OCH3 is 1. The molecule has 0 aliphatic rings. The lowest BCUT2D eigenvalue weighted by molar-refractivity contribution is -0.00726. The van der Waals surface area contributed by atoms with Gasteiger partial charge in [0, 0.05) is 26.3 Å². The molecule has 0 unspecified atom stereocenters. The van der Waals surface area contributed by atoms with Crippen molar-refractivity contribution in [3.8, 4) is 0 Å². The molecule has 0 radical (unpaired) electrons. The van der Waals surface area contributed by atoms with Gasteiger partial charge in [-0.1, -0.05) is 20.4 Å². The largest absolute Gasteiger partial charge is 0.379 e. The molecule has 0 fully saturated rings. The summed E-state index contributed by atoms with van der Waals surface area (Å²) in [5.74, 6) is 0. The first-order chi connectivity index (χ1) is 7.37. The van der Waals surface area contributed by atoms with Gasteiger partial charge in [-0.2, -0.15) is 0 Å². The van der Waals surface area contributed by atoms with Crippen LogP contribution in [0, 0.1) is 0 Å². The smallest absolute Gasteiger partial charge is 0.0686 e. The van der Waals surface area contributed by atoms with E-state index in [2.05, 4.69) is 39.6 Å². The SMILES string of the molecule is C=C(CNC(C)C)COCCC(C)(C)OC. The monoisotopic (exact) mass is 229 g/mol. The summed E-state index contributed by atoms with van der Waals surface area (Å²) in [5, 5.41) is 3.31. The van der Waals surface area contributed by atoms with Crippen LogP contribution < -0.4 is 5.32 Å². The van der Waals surface area contributed by atoms with Crippen LogP contribution in [-0.4, -0.2) is 38.5 Å². The van der Waals surface area contributed by atoms with Crippen LogP contribution in [-0.2, 0) is 9.47 Å². The summed E-state index contributed by atoms with van der Waals surface area (Å²) in [6, 6.07) is 0.490. The average molecular weight is 229 g/mol. The summed E-state index contributed by atoms with van der Waals surface area (Å²) in [4.78, 5) is 0. The highest BCUT2D eigenvalue weighted by Crippen LogP contribution is 2.12. The molecule has 0 aliphatic heterocycles. The van der Waals surface area contributed by atoms with Crippen molar-refractivity contribution in [1.29, 1.82) is 0 Å². The summed E-state index contributed by atoms with van der Waals surface area (Å²) in [6.45, 7) is 14.5. The van der Waals surface area contributed by atoms with Gasteiger partial charge < -0.3 is 14.8 Å². The van der Waals surface area contributed by atoms with Crippen molar-refractivity contribution >= 4 is 0 Å². The van der Waals surface area contributed by atoms with E-state index >= 15 is 0 Å². The first kappa shape index (κ1) is 15.6. The molecule has 0 saturated carbocycles. The fourth-order valence-electron chi connectivity index (χ4n) is 1.04. The Morgan fingerprint density at radius 2 is 2.00 bits per heavy atom. The van der Waals surface area contributed by atoms with Gasteiger partial charge in [0.25, 0.3) is 0 Å². The minimum absolute atomic E-state index is 0.0997. The van der Waals surface area contributed by atoms with E-state index in [0.717, 1.165) is 18.5 Å². The molecule has 0 aromatic carbocycles. The Kier molecular flexibility index (Phi) is 7.64. The summed E-state index contributed by atoms with van der Waals surface area (Å²) >= 11 is 0. The minimum Gasteiger partial charge on any atom is -0.379 e. The van der Waals surface area contributed by atoms with Crippen LogP contribution in [0.5, 0.6) is 0 Å². The topological polar surface area (TPSA) is 30.5 Å². The molecular formula is C13H27NO2. The fourth-order valence-corrected chi connectivity index (χ4v) is 1.04. The van der Waals surface area contributed by atoms with Crippen LogP contribution in [0.2, 0.25) is 0 Å². The second kappa shape index (κ2) is 7.82. The van der Waals surface area contributed by atoms with Crippen molar-refractivity contribution in [1.82, 2.24) is 5.32 Å². The number of nitrogens with one attached hydrogen (secondary N) is 1. The first-order valence-corrected chi connectivity index (χ1v) is 5.90. The highest BCUT2D eigenvalue weighted by molar-refractivity contribution is 4.97. The third-order valence-corrected chi connectivity index (χ3v) is 2.47. The Labute approximate surface area is 100 Å². The number of rotatable bonds is 9. The van der Waals surface area contributed by atoms with E-state index < -0.39 is 0 Å². The van der Waals surface area contributed by atoms with E-state index in [1.54, 1.807) is 7.11 Å². The van der Waals surface area contributed by atoms with Crippen LogP contribution in [0.15, 0.2) is 12.2 Å². The predicted octanol–water partition coefficient (Wildman–Crippen LogP) is 2.37.